The van der Waals surface area contributed by atoms with Gasteiger partial charge >= 0.3 is 0 Å². The minimum atomic E-state index is -0.0374. The highest BCUT2D eigenvalue weighted by molar-refractivity contribution is 5.94. The van der Waals surface area contributed by atoms with Gasteiger partial charge in [0.2, 0.25) is 0 Å². The topological polar surface area (TPSA) is 32.3 Å². The van der Waals surface area contributed by atoms with Gasteiger partial charge in [0, 0.05) is 25.2 Å². The van der Waals surface area contributed by atoms with Crippen LogP contribution in [0.5, 0.6) is 0 Å². The summed E-state index contributed by atoms with van der Waals surface area (Å²) in [6.07, 6.45) is 1.10. The molecule has 0 aliphatic carbocycles. The van der Waals surface area contributed by atoms with Crippen molar-refractivity contribution >= 4 is 5.91 Å². The van der Waals surface area contributed by atoms with E-state index in [0.717, 1.165) is 31.6 Å². The summed E-state index contributed by atoms with van der Waals surface area (Å²) in [6, 6.07) is 25.3. The number of fused-ring (bicyclic) bond motifs is 1. The molecule has 1 N–H and O–H groups in total. The van der Waals surface area contributed by atoms with Gasteiger partial charge in [-0.1, -0.05) is 81.4 Å². The van der Waals surface area contributed by atoms with Crippen LogP contribution in [0.4, 0.5) is 0 Å². The second kappa shape index (κ2) is 9.30. The Hall–Kier alpha value is -2.91. The lowest BCUT2D eigenvalue weighted by molar-refractivity contribution is 0.0940. The van der Waals surface area contributed by atoms with Crippen LogP contribution in [0.3, 0.4) is 0 Å². The number of rotatable bonds is 5. The third-order valence-corrected chi connectivity index (χ3v) is 6.46. The van der Waals surface area contributed by atoms with E-state index in [2.05, 4.69) is 91.7 Å². The van der Waals surface area contributed by atoms with Gasteiger partial charge in [-0.2, -0.15) is 0 Å². The van der Waals surface area contributed by atoms with E-state index in [4.69, 9.17) is 0 Å². The van der Waals surface area contributed by atoms with Gasteiger partial charge < -0.3 is 5.32 Å². The van der Waals surface area contributed by atoms with Crippen molar-refractivity contribution in [2.24, 2.45) is 0 Å². The molecule has 1 atom stereocenters. The fourth-order valence-electron chi connectivity index (χ4n) is 4.34. The first-order valence-electron chi connectivity index (χ1n) is 11.6. The molecule has 3 nitrogen and oxygen atoms in total. The Labute approximate surface area is 192 Å². The smallest absolute Gasteiger partial charge is 0.251 e. The highest BCUT2D eigenvalue weighted by atomic mass is 16.1. The van der Waals surface area contributed by atoms with E-state index in [0.29, 0.717) is 5.56 Å². The van der Waals surface area contributed by atoms with E-state index in [1.165, 1.54) is 22.3 Å². The largest absolute Gasteiger partial charge is 0.346 e. The molecule has 0 saturated carbocycles. The molecule has 0 unspecified atom stereocenters. The van der Waals surface area contributed by atoms with Crippen LogP contribution in [-0.4, -0.2) is 17.4 Å². The maximum Gasteiger partial charge on any atom is 0.251 e. The molecule has 1 aliphatic heterocycles. The highest BCUT2D eigenvalue weighted by Crippen LogP contribution is 2.24. The molecular formula is C29H34N2O. The van der Waals surface area contributed by atoms with Crippen LogP contribution in [0.15, 0.2) is 72.8 Å². The van der Waals surface area contributed by atoms with Gasteiger partial charge in [-0.25, -0.2) is 0 Å². The molecule has 3 aromatic rings. The number of hydrogen-bond donors (Lipinski definition) is 1. The van der Waals surface area contributed by atoms with Crippen LogP contribution in [0.2, 0.25) is 0 Å². The van der Waals surface area contributed by atoms with E-state index in [1.54, 1.807) is 0 Å². The van der Waals surface area contributed by atoms with E-state index in [-0.39, 0.29) is 17.4 Å². The van der Waals surface area contributed by atoms with Crippen LogP contribution < -0.4 is 5.32 Å². The van der Waals surface area contributed by atoms with Gasteiger partial charge in [-0.15, -0.1) is 0 Å². The van der Waals surface area contributed by atoms with Crippen molar-refractivity contribution in [3.05, 3.63) is 106 Å². The molecule has 4 rings (SSSR count). The lowest BCUT2D eigenvalue weighted by Gasteiger charge is -2.28. The molecule has 3 aromatic carbocycles. The molecule has 1 amide bonds. The molecule has 1 heterocycles. The Morgan fingerprint density at radius 2 is 1.59 bits per heavy atom. The molecule has 0 spiro atoms. The van der Waals surface area contributed by atoms with E-state index in [9.17, 15) is 4.79 Å². The van der Waals surface area contributed by atoms with Crippen LogP contribution in [0, 0.1) is 0 Å². The molecule has 0 aromatic heterocycles. The van der Waals surface area contributed by atoms with Crippen molar-refractivity contribution < 1.29 is 4.79 Å². The third kappa shape index (κ3) is 5.28. The molecule has 0 bridgehead atoms. The van der Waals surface area contributed by atoms with E-state index in [1.807, 2.05) is 19.1 Å². The normalized spacial score (nSPS) is 15.1. The molecule has 1 aliphatic rings. The van der Waals surface area contributed by atoms with Crippen LogP contribution in [-0.2, 0) is 24.9 Å². The van der Waals surface area contributed by atoms with Crippen LogP contribution in [0.1, 0.15) is 71.9 Å². The average Bonchev–Trinajstić information content (AvgIpc) is 2.79. The Morgan fingerprint density at radius 3 is 2.25 bits per heavy atom. The summed E-state index contributed by atoms with van der Waals surface area (Å²) < 4.78 is 0. The Bertz CT molecular complexity index is 1060. The number of carbonyl (C=O) groups excluding carboxylic acids is 1. The summed E-state index contributed by atoms with van der Waals surface area (Å²) in [6.45, 7) is 11.6. The minimum Gasteiger partial charge on any atom is -0.346 e. The van der Waals surface area contributed by atoms with Crippen molar-refractivity contribution in [1.29, 1.82) is 0 Å². The predicted molar refractivity (Wildman–Crippen MR) is 132 cm³/mol. The fourth-order valence-corrected chi connectivity index (χ4v) is 4.34. The standard InChI is InChI=1S/C29H34N2O/c1-21(23-13-15-27(16-14-23)29(2,3)4)30-28(32)25-11-9-22(10-12-25)19-31-18-17-24-7-5-6-8-26(24)20-31/h5-16,21H,17-20H2,1-4H3,(H,30,32)/t21-/m1/s1. The van der Waals surface area contributed by atoms with Crippen molar-refractivity contribution in [2.45, 2.75) is 58.7 Å². The summed E-state index contributed by atoms with van der Waals surface area (Å²) in [5, 5.41) is 3.13. The second-order valence-electron chi connectivity index (χ2n) is 9.99. The monoisotopic (exact) mass is 426 g/mol. The Balaban J connectivity index is 1.34. The van der Waals surface area contributed by atoms with Crippen molar-refractivity contribution in [3.8, 4) is 0 Å². The molecule has 0 saturated heterocycles. The van der Waals surface area contributed by atoms with Gasteiger partial charge in [0.1, 0.15) is 0 Å². The van der Waals surface area contributed by atoms with Crippen molar-refractivity contribution in [3.63, 3.8) is 0 Å². The van der Waals surface area contributed by atoms with Gasteiger partial charge in [0.25, 0.3) is 5.91 Å². The lowest BCUT2D eigenvalue weighted by Crippen LogP contribution is -2.30. The number of carbonyl (C=O) groups is 1. The number of hydrogen-bond acceptors (Lipinski definition) is 2. The van der Waals surface area contributed by atoms with Crippen LogP contribution in [0.25, 0.3) is 0 Å². The maximum atomic E-state index is 12.8. The summed E-state index contributed by atoms with van der Waals surface area (Å²) in [5.41, 5.74) is 7.39. The first-order chi connectivity index (χ1) is 15.3. The molecular weight excluding hydrogens is 392 g/mol. The molecule has 0 radical (unpaired) electrons. The zero-order valence-corrected chi connectivity index (χ0v) is 19.7. The van der Waals surface area contributed by atoms with E-state index >= 15 is 0 Å². The zero-order valence-electron chi connectivity index (χ0n) is 19.7. The first-order valence-corrected chi connectivity index (χ1v) is 11.6. The molecule has 0 fully saturated rings. The average molecular weight is 427 g/mol. The van der Waals surface area contributed by atoms with Crippen molar-refractivity contribution in [2.75, 3.05) is 6.54 Å². The lowest BCUT2D eigenvalue weighted by atomic mass is 9.86. The van der Waals surface area contributed by atoms with Crippen LogP contribution >= 0.6 is 0 Å². The number of benzene rings is 3. The first kappa shape index (κ1) is 22.3. The van der Waals surface area contributed by atoms with Gasteiger partial charge in [-0.05, 0) is 58.7 Å². The summed E-state index contributed by atoms with van der Waals surface area (Å²) >= 11 is 0. The van der Waals surface area contributed by atoms with Gasteiger partial charge in [0.05, 0.1) is 6.04 Å². The van der Waals surface area contributed by atoms with Gasteiger partial charge in [0.15, 0.2) is 0 Å². The molecule has 3 heteroatoms. The summed E-state index contributed by atoms with van der Waals surface area (Å²) in [4.78, 5) is 15.2. The molecule has 32 heavy (non-hydrogen) atoms. The minimum absolute atomic E-state index is 0.0316. The number of nitrogens with one attached hydrogen (secondary N) is 1. The third-order valence-electron chi connectivity index (χ3n) is 6.46. The summed E-state index contributed by atoms with van der Waals surface area (Å²) in [7, 11) is 0. The highest BCUT2D eigenvalue weighted by Gasteiger charge is 2.17. The zero-order chi connectivity index (χ0) is 22.7. The predicted octanol–water partition coefficient (Wildman–Crippen LogP) is 6.03. The van der Waals surface area contributed by atoms with Crippen molar-refractivity contribution in [1.82, 2.24) is 10.2 Å². The quantitative estimate of drug-likeness (QED) is 0.540. The number of nitrogens with zero attached hydrogens (tertiary/aromatic N) is 1. The van der Waals surface area contributed by atoms with Gasteiger partial charge in [-0.3, -0.25) is 9.69 Å². The maximum absolute atomic E-state index is 12.8. The van der Waals surface area contributed by atoms with E-state index < -0.39 is 0 Å². The Morgan fingerprint density at radius 1 is 0.938 bits per heavy atom. The Kier molecular flexibility index (Phi) is 6.48. The molecule has 166 valence electrons. The number of amides is 1. The second-order valence-corrected chi connectivity index (χ2v) is 9.99. The fraction of sp³-hybridized carbons (Fsp3) is 0.345. The summed E-state index contributed by atoms with van der Waals surface area (Å²) in [5.74, 6) is -0.0316. The SMILES string of the molecule is C[C@@H](NC(=O)c1ccc(CN2CCc3ccccc3C2)cc1)c1ccc(C(C)(C)C)cc1.